The molecule has 150 valence electrons. The third-order valence-electron chi connectivity index (χ3n) is 5.23. The minimum absolute atomic E-state index is 0.276. The maximum absolute atomic E-state index is 12.8. The van der Waals surface area contributed by atoms with E-state index in [9.17, 15) is 4.79 Å². The Morgan fingerprint density at radius 1 is 1.25 bits per heavy atom. The molecule has 5 nitrogen and oxygen atoms in total. The number of fused-ring (bicyclic) bond motifs is 1. The van der Waals surface area contributed by atoms with Gasteiger partial charge in [-0.1, -0.05) is 19.1 Å². The molecular formula is C22H29N3O2S. The van der Waals surface area contributed by atoms with E-state index < -0.39 is 5.60 Å². The summed E-state index contributed by atoms with van der Waals surface area (Å²) in [5, 5.41) is 1.22. The molecule has 0 bridgehead atoms. The number of rotatable bonds is 2. The van der Waals surface area contributed by atoms with Crippen molar-refractivity contribution < 1.29 is 9.53 Å². The summed E-state index contributed by atoms with van der Waals surface area (Å²) in [6, 6.07) is 6.37. The summed E-state index contributed by atoms with van der Waals surface area (Å²) in [6.45, 7) is 10.7. The summed E-state index contributed by atoms with van der Waals surface area (Å²) >= 11 is 1.79. The molecule has 1 atom stereocenters. The molecule has 1 amide bonds. The zero-order valence-corrected chi connectivity index (χ0v) is 18.2. The van der Waals surface area contributed by atoms with Gasteiger partial charge in [0.25, 0.3) is 0 Å². The lowest BCUT2D eigenvalue weighted by Gasteiger charge is -2.34. The number of aromatic nitrogens is 1. The number of amides is 1. The molecule has 0 spiro atoms. The Kier molecular flexibility index (Phi) is 4.96. The SMILES string of the molecule is C[C@H]1CC=C(c2ccc3sc(C4CN(C)C4)nc3c2)N(C(=O)OC(C)(C)C)C1. The van der Waals surface area contributed by atoms with Crippen LogP contribution in [-0.2, 0) is 4.74 Å². The van der Waals surface area contributed by atoms with E-state index in [1.807, 2.05) is 20.8 Å². The molecule has 0 radical (unpaired) electrons. The Balaban J connectivity index is 1.63. The summed E-state index contributed by atoms with van der Waals surface area (Å²) in [6.07, 6.45) is 2.85. The first kappa shape index (κ1) is 19.4. The van der Waals surface area contributed by atoms with Gasteiger partial charge in [-0.2, -0.15) is 0 Å². The van der Waals surface area contributed by atoms with Crippen LogP contribution in [0.25, 0.3) is 15.9 Å². The van der Waals surface area contributed by atoms with E-state index in [1.54, 1.807) is 16.2 Å². The highest BCUT2D eigenvalue weighted by Gasteiger charge is 2.30. The molecule has 0 N–H and O–H groups in total. The van der Waals surface area contributed by atoms with Crippen LogP contribution in [0.15, 0.2) is 24.3 Å². The van der Waals surface area contributed by atoms with Crippen molar-refractivity contribution in [2.75, 3.05) is 26.7 Å². The molecule has 0 saturated carbocycles. The van der Waals surface area contributed by atoms with Crippen LogP contribution in [0, 0.1) is 5.92 Å². The Morgan fingerprint density at radius 2 is 2.00 bits per heavy atom. The van der Waals surface area contributed by atoms with Gasteiger partial charge in [0.05, 0.1) is 20.9 Å². The molecule has 1 fully saturated rings. The second kappa shape index (κ2) is 7.16. The summed E-state index contributed by atoms with van der Waals surface area (Å²) in [4.78, 5) is 21.8. The average molecular weight is 400 g/mol. The van der Waals surface area contributed by atoms with Crippen molar-refractivity contribution in [2.45, 2.75) is 45.6 Å². The molecule has 2 aliphatic rings. The number of nitrogens with zero attached hydrogens (tertiary/aromatic N) is 3. The fourth-order valence-corrected chi connectivity index (χ4v) is 4.84. The highest BCUT2D eigenvalue weighted by atomic mass is 32.1. The van der Waals surface area contributed by atoms with Gasteiger partial charge in [-0.25, -0.2) is 9.78 Å². The largest absolute Gasteiger partial charge is 0.443 e. The molecule has 1 saturated heterocycles. The number of ether oxygens (including phenoxy) is 1. The minimum atomic E-state index is -0.507. The van der Waals surface area contributed by atoms with E-state index in [0.717, 1.165) is 36.3 Å². The molecule has 28 heavy (non-hydrogen) atoms. The number of carbonyl (C=O) groups excluding carboxylic acids is 1. The van der Waals surface area contributed by atoms with Crippen molar-refractivity contribution in [3.8, 4) is 0 Å². The Bertz CT molecular complexity index is 921. The third kappa shape index (κ3) is 3.94. The molecule has 2 aromatic rings. The number of likely N-dealkylation sites (N-methyl/N-ethyl adjacent to an activating group) is 1. The quantitative estimate of drug-likeness (QED) is 0.717. The van der Waals surface area contributed by atoms with Crippen molar-refractivity contribution in [2.24, 2.45) is 5.92 Å². The van der Waals surface area contributed by atoms with Crippen LogP contribution in [0.3, 0.4) is 0 Å². The fraction of sp³-hybridized carbons (Fsp3) is 0.545. The predicted octanol–water partition coefficient (Wildman–Crippen LogP) is 4.94. The standard InChI is InChI=1S/C22H29N3O2S/c1-14-6-8-18(25(11-14)21(26)27-22(2,3)4)15-7-9-19-17(10-15)23-20(28-19)16-12-24(5)13-16/h7-10,14,16H,6,11-13H2,1-5H3/t14-/m0/s1. The van der Waals surface area contributed by atoms with E-state index in [2.05, 4.69) is 43.1 Å². The molecule has 1 aromatic heterocycles. The number of benzene rings is 1. The summed E-state index contributed by atoms with van der Waals surface area (Å²) in [7, 11) is 2.14. The molecule has 1 aromatic carbocycles. The Morgan fingerprint density at radius 3 is 2.68 bits per heavy atom. The summed E-state index contributed by atoms with van der Waals surface area (Å²) in [5.74, 6) is 0.973. The predicted molar refractivity (Wildman–Crippen MR) is 115 cm³/mol. The van der Waals surface area contributed by atoms with Crippen molar-refractivity contribution in [3.05, 3.63) is 34.8 Å². The van der Waals surface area contributed by atoms with Crippen LogP contribution in [0.5, 0.6) is 0 Å². The third-order valence-corrected chi connectivity index (χ3v) is 6.42. The number of likely N-dealkylation sites (tertiary alicyclic amines) is 1. The maximum Gasteiger partial charge on any atom is 0.414 e. The molecular weight excluding hydrogens is 370 g/mol. The number of hydrogen-bond acceptors (Lipinski definition) is 5. The van der Waals surface area contributed by atoms with Crippen molar-refractivity contribution in [3.63, 3.8) is 0 Å². The first-order chi connectivity index (χ1) is 13.2. The van der Waals surface area contributed by atoms with Crippen molar-refractivity contribution in [1.82, 2.24) is 14.8 Å². The van der Waals surface area contributed by atoms with Gasteiger partial charge in [-0.3, -0.25) is 4.90 Å². The first-order valence-electron chi connectivity index (χ1n) is 9.99. The van der Waals surface area contributed by atoms with Crippen LogP contribution in [0.4, 0.5) is 4.79 Å². The molecule has 3 heterocycles. The topological polar surface area (TPSA) is 45.7 Å². The van der Waals surface area contributed by atoms with E-state index in [1.165, 1.54) is 9.71 Å². The van der Waals surface area contributed by atoms with Gasteiger partial charge in [0.15, 0.2) is 0 Å². The zero-order chi connectivity index (χ0) is 20.1. The Labute approximate surface area is 171 Å². The van der Waals surface area contributed by atoms with Gasteiger partial charge in [0.1, 0.15) is 5.60 Å². The van der Waals surface area contributed by atoms with Gasteiger partial charge >= 0.3 is 6.09 Å². The van der Waals surface area contributed by atoms with Gasteiger partial charge in [-0.05, 0) is 52.3 Å². The summed E-state index contributed by atoms with van der Waals surface area (Å²) in [5.41, 5.74) is 2.49. The lowest BCUT2D eigenvalue weighted by molar-refractivity contribution is 0.0327. The molecule has 2 aliphatic heterocycles. The molecule has 4 rings (SSSR count). The highest BCUT2D eigenvalue weighted by molar-refractivity contribution is 7.18. The smallest absolute Gasteiger partial charge is 0.414 e. The fourth-order valence-electron chi connectivity index (χ4n) is 3.81. The average Bonchev–Trinajstić information content (AvgIpc) is 3.00. The van der Waals surface area contributed by atoms with Crippen LogP contribution in [0.2, 0.25) is 0 Å². The monoisotopic (exact) mass is 399 g/mol. The van der Waals surface area contributed by atoms with Crippen LogP contribution in [-0.4, -0.2) is 53.2 Å². The zero-order valence-electron chi connectivity index (χ0n) is 17.4. The second-order valence-corrected chi connectivity index (χ2v) is 10.2. The van der Waals surface area contributed by atoms with E-state index in [4.69, 9.17) is 9.72 Å². The maximum atomic E-state index is 12.8. The van der Waals surface area contributed by atoms with Crippen LogP contribution < -0.4 is 0 Å². The molecule has 6 heteroatoms. The molecule has 0 aliphatic carbocycles. The van der Waals surface area contributed by atoms with Gasteiger partial charge in [0.2, 0.25) is 0 Å². The van der Waals surface area contributed by atoms with Gasteiger partial charge in [-0.15, -0.1) is 11.3 Å². The normalized spacial score (nSPS) is 21.5. The lowest BCUT2D eigenvalue weighted by atomic mass is 9.98. The van der Waals surface area contributed by atoms with Gasteiger partial charge < -0.3 is 9.64 Å². The number of carbonyl (C=O) groups is 1. The minimum Gasteiger partial charge on any atom is -0.443 e. The highest BCUT2D eigenvalue weighted by Crippen LogP contribution is 2.35. The number of thiazole rings is 1. The van der Waals surface area contributed by atoms with Crippen molar-refractivity contribution in [1.29, 1.82) is 0 Å². The Hall–Kier alpha value is -1.92. The van der Waals surface area contributed by atoms with E-state index >= 15 is 0 Å². The first-order valence-corrected chi connectivity index (χ1v) is 10.8. The molecule has 0 unspecified atom stereocenters. The number of allylic oxidation sites excluding steroid dienone is 1. The second-order valence-electron chi connectivity index (χ2n) is 9.17. The van der Waals surface area contributed by atoms with E-state index in [-0.39, 0.29) is 6.09 Å². The lowest BCUT2D eigenvalue weighted by Crippen LogP contribution is -2.41. The van der Waals surface area contributed by atoms with E-state index in [0.29, 0.717) is 18.4 Å². The van der Waals surface area contributed by atoms with Crippen molar-refractivity contribution >= 4 is 33.3 Å². The summed E-state index contributed by atoms with van der Waals surface area (Å²) < 4.78 is 6.87. The number of hydrogen-bond donors (Lipinski definition) is 0. The van der Waals surface area contributed by atoms with Crippen LogP contribution in [0.1, 0.15) is 50.6 Å². The van der Waals surface area contributed by atoms with Crippen LogP contribution >= 0.6 is 11.3 Å². The van der Waals surface area contributed by atoms with Gasteiger partial charge in [0, 0.05) is 31.1 Å².